The van der Waals surface area contributed by atoms with Crippen molar-refractivity contribution in [3.63, 3.8) is 0 Å². The lowest BCUT2D eigenvalue weighted by Crippen LogP contribution is -2.49. The molecule has 1 amide bonds. The van der Waals surface area contributed by atoms with Crippen LogP contribution in [0.1, 0.15) is 41.5 Å². The number of likely N-dealkylation sites (tertiary alicyclic amines) is 1. The monoisotopic (exact) mass is 470 g/mol. The molecule has 1 aliphatic heterocycles. The molecule has 1 fully saturated rings. The molecule has 4 rings (SSSR count). The van der Waals surface area contributed by atoms with Crippen LogP contribution < -0.4 is 5.32 Å². The second-order valence-corrected chi connectivity index (χ2v) is 8.53. The number of carbonyl (C=O) groups is 1. The third kappa shape index (κ3) is 5.32. The van der Waals surface area contributed by atoms with Crippen LogP contribution in [0.5, 0.6) is 0 Å². The van der Waals surface area contributed by atoms with Gasteiger partial charge in [-0.3, -0.25) is 4.79 Å². The molecule has 3 aromatic heterocycles. The highest BCUT2D eigenvalue weighted by molar-refractivity contribution is 5.98. The van der Waals surface area contributed by atoms with Crippen molar-refractivity contribution in [1.82, 2.24) is 24.8 Å². The standard InChI is InChI=1S/C24H25F3N6O/c1-15-4-7-18(13-31-20-9-6-17(12-30-20)24(25,26)27)33(14-15)23(34)21-19(8-5-16(2)32-21)22-28-10-3-11-29-22/h3,5-6,8-12,15,18H,4,7,13-14H2,1-2H3,(H,30,31). The van der Waals surface area contributed by atoms with Gasteiger partial charge in [0.1, 0.15) is 11.5 Å². The summed E-state index contributed by atoms with van der Waals surface area (Å²) >= 11 is 0. The highest BCUT2D eigenvalue weighted by atomic mass is 19.4. The number of hydrogen-bond donors (Lipinski definition) is 1. The van der Waals surface area contributed by atoms with Crippen LogP contribution in [0.3, 0.4) is 0 Å². The molecule has 0 radical (unpaired) electrons. The number of anilines is 1. The van der Waals surface area contributed by atoms with E-state index in [-0.39, 0.29) is 17.6 Å². The Labute approximate surface area is 195 Å². The molecule has 1 saturated heterocycles. The first-order chi connectivity index (χ1) is 16.2. The average molecular weight is 470 g/mol. The second kappa shape index (κ2) is 9.74. The number of alkyl halides is 3. The Bertz CT molecular complexity index is 1140. The SMILES string of the molecule is Cc1ccc(-c2ncccn2)c(C(=O)N2CC(C)CCC2CNc2ccc(C(F)(F)F)cn2)n1. The van der Waals surface area contributed by atoms with Gasteiger partial charge in [0.25, 0.3) is 5.91 Å². The smallest absolute Gasteiger partial charge is 0.368 e. The lowest BCUT2D eigenvalue weighted by atomic mass is 9.93. The van der Waals surface area contributed by atoms with Crippen molar-refractivity contribution >= 4 is 11.7 Å². The molecule has 2 unspecified atom stereocenters. The van der Waals surface area contributed by atoms with Crippen molar-refractivity contribution < 1.29 is 18.0 Å². The zero-order chi connectivity index (χ0) is 24.3. The number of rotatable bonds is 5. The van der Waals surface area contributed by atoms with Crippen LogP contribution in [0.4, 0.5) is 19.0 Å². The molecule has 10 heteroatoms. The summed E-state index contributed by atoms with van der Waals surface area (Å²) < 4.78 is 38.4. The molecule has 2 atom stereocenters. The van der Waals surface area contributed by atoms with E-state index in [1.54, 1.807) is 29.4 Å². The Kier molecular flexibility index (Phi) is 6.76. The summed E-state index contributed by atoms with van der Waals surface area (Å²) in [5.41, 5.74) is 0.753. The van der Waals surface area contributed by atoms with E-state index in [0.29, 0.717) is 41.9 Å². The maximum Gasteiger partial charge on any atom is 0.417 e. The molecule has 0 aliphatic carbocycles. The van der Waals surface area contributed by atoms with Crippen molar-refractivity contribution in [2.45, 2.75) is 38.9 Å². The van der Waals surface area contributed by atoms with E-state index in [2.05, 4.69) is 32.2 Å². The third-order valence-electron chi connectivity index (χ3n) is 5.86. The van der Waals surface area contributed by atoms with Crippen molar-refractivity contribution in [3.8, 4) is 11.4 Å². The molecule has 1 aliphatic rings. The number of aryl methyl sites for hydroxylation is 1. The maximum absolute atomic E-state index is 13.7. The van der Waals surface area contributed by atoms with Gasteiger partial charge in [0, 0.05) is 43.4 Å². The van der Waals surface area contributed by atoms with E-state index in [0.717, 1.165) is 25.1 Å². The van der Waals surface area contributed by atoms with Crippen LogP contribution in [0.15, 0.2) is 48.9 Å². The van der Waals surface area contributed by atoms with Crippen LogP contribution in [-0.4, -0.2) is 49.9 Å². The summed E-state index contributed by atoms with van der Waals surface area (Å²) in [7, 11) is 0. The van der Waals surface area contributed by atoms with Gasteiger partial charge in [-0.05, 0) is 56.0 Å². The summed E-state index contributed by atoms with van der Waals surface area (Å²) in [6, 6.07) is 7.45. The highest BCUT2D eigenvalue weighted by Gasteiger charge is 2.33. The summed E-state index contributed by atoms with van der Waals surface area (Å²) in [6.45, 7) is 4.82. The zero-order valence-electron chi connectivity index (χ0n) is 18.9. The summed E-state index contributed by atoms with van der Waals surface area (Å²) in [5.74, 6) is 0.841. The predicted molar refractivity (Wildman–Crippen MR) is 121 cm³/mol. The van der Waals surface area contributed by atoms with Crippen LogP contribution >= 0.6 is 0 Å². The summed E-state index contributed by atoms with van der Waals surface area (Å²) in [6.07, 6.45) is 1.29. The first-order valence-corrected chi connectivity index (χ1v) is 11.1. The van der Waals surface area contributed by atoms with Crippen molar-refractivity contribution in [3.05, 3.63) is 65.9 Å². The molecule has 0 spiro atoms. The Morgan fingerprint density at radius 1 is 1.12 bits per heavy atom. The quantitative estimate of drug-likeness (QED) is 0.586. The largest absolute Gasteiger partial charge is 0.417 e. The summed E-state index contributed by atoms with van der Waals surface area (Å²) in [5, 5.41) is 3.08. The number of piperidine rings is 1. The molecule has 1 N–H and O–H groups in total. The first kappa shape index (κ1) is 23.6. The van der Waals surface area contributed by atoms with Gasteiger partial charge in [0.2, 0.25) is 0 Å². The molecule has 0 aromatic carbocycles. The molecule has 0 bridgehead atoms. The molecule has 3 aromatic rings. The highest BCUT2D eigenvalue weighted by Crippen LogP contribution is 2.30. The Balaban J connectivity index is 1.56. The normalized spacial score (nSPS) is 18.6. The van der Waals surface area contributed by atoms with E-state index in [1.165, 1.54) is 6.07 Å². The van der Waals surface area contributed by atoms with Crippen LogP contribution in [0.2, 0.25) is 0 Å². The van der Waals surface area contributed by atoms with E-state index in [9.17, 15) is 18.0 Å². The number of halogens is 3. The Morgan fingerprint density at radius 3 is 2.56 bits per heavy atom. The Hall–Kier alpha value is -3.56. The molecule has 34 heavy (non-hydrogen) atoms. The molecular weight excluding hydrogens is 445 g/mol. The fraction of sp³-hybridized carbons (Fsp3) is 0.375. The average Bonchev–Trinajstić information content (AvgIpc) is 2.83. The van der Waals surface area contributed by atoms with Crippen molar-refractivity contribution in [1.29, 1.82) is 0 Å². The summed E-state index contributed by atoms with van der Waals surface area (Å²) in [4.78, 5) is 32.5. The number of hydrogen-bond acceptors (Lipinski definition) is 6. The van der Waals surface area contributed by atoms with Crippen LogP contribution in [0, 0.1) is 12.8 Å². The van der Waals surface area contributed by atoms with Gasteiger partial charge in [-0.1, -0.05) is 6.92 Å². The van der Waals surface area contributed by atoms with Gasteiger partial charge < -0.3 is 10.2 Å². The van der Waals surface area contributed by atoms with Crippen LogP contribution in [0.25, 0.3) is 11.4 Å². The van der Waals surface area contributed by atoms with Gasteiger partial charge in [-0.15, -0.1) is 0 Å². The predicted octanol–water partition coefficient (Wildman–Crippen LogP) is 4.61. The van der Waals surface area contributed by atoms with E-state index >= 15 is 0 Å². The molecule has 0 saturated carbocycles. The molecule has 7 nitrogen and oxygen atoms in total. The molecule has 178 valence electrons. The topological polar surface area (TPSA) is 83.9 Å². The minimum Gasteiger partial charge on any atom is -0.368 e. The fourth-order valence-corrected chi connectivity index (χ4v) is 4.03. The van der Waals surface area contributed by atoms with Gasteiger partial charge in [0.05, 0.1) is 11.1 Å². The molecular formula is C24H25F3N6O. The number of nitrogens with zero attached hydrogens (tertiary/aromatic N) is 5. The number of nitrogens with one attached hydrogen (secondary N) is 1. The van der Waals surface area contributed by atoms with Gasteiger partial charge >= 0.3 is 6.18 Å². The maximum atomic E-state index is 13.7. The van der Waals surface area contributed by atoms with Crippen molar-refractivity contribution in [2.24, 2.45) is 5.92 Å². The first-order valence-electron chi connectivity index (χ1n) is 11.1. The lowest BCUT2D eigenvalue weighted by Gasteiger charge is -2.39. The number of aromatic nitrogens is 4. The van der Waals surface area contributed by atoms with E-state index < -0.39 is 11.7 Å². The van der Waals surface area contributed by atoms with Gasteiger partial charge in [0.15, 0.2) is 5.82 Å². The second-order valence-electron chi connectivity index (χ2n) is 8.53. The minimum atomic E-state index is -4.44. The van der Waals surface area contributed by atoms with E-state index in [1.807, 2.05) is 13.0 Å². The van der Waals surface area contributed by atoms with Gasteiger partial charge in [-0.25, -0.2) is 19.9 Å². The minimum absolute atomic E-state index is 0.167. The lowest BCUT2D eigenvalue weighted by molar-refractivity contribution is -0.137. The number of pyridine rings is 2. The van der Waals surface area contributed by atoms with Gasteiger partial charge in [-0.2, -0.15) is 13.2 Å². The Morgan fingerprint density at radius 2 is 1.88 bits per heavy atom. The van der Waals surface area contributed by atoms with Crippen molar-refractivity contribution in [2.75, 3.05) is 18.4 Å². The number of carbonyl (C=O) groups excluding carboxylic acids is 1. The fourth-order valence-electron chi connectivity index (χ4n) is 4.03. The van der Waals surface area contributed by atoms with E-state index in [4.69, 9.17) is 0 Å². The zero-order valence-corrected chi connectivity index (χ0v) is 18.9. The van der Waals surface area contributed by atoms with Crippen LogP contribution in [-0.2, 0) is 6.18 Å². The number of amides is 1. The third-order valence-corrected chi connectivity index (χ3v) is 5.86. The molecule has 4 heterocycles.